The number of rotatable bonds is 7. The molecule has 2 N–H and O–H groups in total. The van der Waals surface area contributed by atoms with E-state index < -0.39 is 21.9 Å². The van der Waals surface area contributed by atoms with Crippen molar-refractivity contribution in [3.05, 3.63) is 57.5 Å². The summed E-state index contributed by atoms with van der Waals surface area (Å²) in [5.41, 5.74) is 0.220. The van der Waals surface area contributed by atoms with E-state index in [1.807, 2.05) is 12.1 Å². The highest BCUT2D eigenvalue weighted by atomic mass is 32.2. The molecule has 1 unspecified atom stereocenters. The minimum atomic E-state index is -3.56. The molecule has 0 aliphatic heterocycles. The van der Waals surface area contributed by atoms with Gasteiger partial charge in [0.15, 0.2) is 0 Å². The Morgan fingerprint density at radius 3 is 2.62 bits per heavy atom. The quantitative estimate of drug-likeness (QED) is 0.745. The van der Waals surface area contributed by atoms with Gasteiger partial charge in [-0.2, -0.15) is 0 Å². The molecule has 1 aromatic heterocycles. The molecule has 0 radical (unpaired) electrons. The first-order chi connectivity index (χ1) is 12.3. The maximum Gasteiger partial charge on any atom is 0.215 e. The maximum absolute atomic E-state index is 13.3. The van der Waals surface area contributed by atoms with Gasteiger partial charge in [-0.3, -0.25) is 0 Å². The monoisotopic (exact) mass is 397 g/mol. The molecule has 1 aliphatic carbocycles. The first-order valence-electron chi connectivity index (χ1n) is 8.80. The Morgan fingerprint density at radius 2 is 2.00 bits per heavy atom. The predicted molar refractivity (Wildman–Crippen MR) is 102 cm³/mol. The zero-order valence-electron chi connectivity index (χ0n) is 14.7. The zero-order chi connectivity index (χ0) is 18.8. The van der Waals surface area contributed by atoms with E-state index in [9.17, 15) is 17.9 Å². The molecule has 0 saturated heterocycles. The van der Waals surface area contributed by atoms with Crippen LogP contribution in [0.5, 0.6) is 0 Å². The molecule has 1 heterocycles. The highest BCUT2D eigenvalue weighted by Gasteiger charge is 2.38. The molecule has 4 nitrogen and oxygen atoms in total. The van der Waals surface area contributed by atoms with Crippen molar-refractivity contribution in [2.24, 2.45) is 0 Å². The lowest BCUT2D eigenvalue weighted by Gasteiger charge is -2.28. The topological polar surface area (TPSA) is 66.4 Å². The summed E-state index contributed by atoms with van der Waals surface area (Å²) in [4.78, 5) is 2.02. The van der Waals surface area contributed by atoms with Gasteiger partial charge in [-0.1, -0.05) is 25.0 Å². The number of hydrogen-bond acceptors (Lipinski definition) is 4. The Hall–Kier alpha value is -1.28. The summed E-state index contributed by atoms with van der Waals surface area (Å²) in [7, 11) is -3.56. The Kier molecular flexibility index (Phi) is 5.81. The molecule has 1 fully saturated rings. The van der Waals surface area contributed by atoms with Gasteiger partial charge in [0.05, 0.1) is 11.9 Å². The molecular weight excluding hydrogens is 373 g/mol. The Labute approximate surface area is 158 Å². The maximum atomic E-state index is 13.3. The fourth-order valence-electron chi connectivity index (χ4n) is 3.57. The SMILES string of the molecule is CC(O)c1ccc(C2(CNS(=O)(=O)Cc3cccc(F)c3)CCCC2)s1. The van der Waals surface area contributed by atoms with Crippen molar-refractivity contribution in [1.82, 2.24) is 4.72 Å². The second-order valence-corrected chi connectivity index (χ2v) is 10.00. The third-order valence-corrected chi connectivity index (χ3v) is 7.80. The van der Waals surface area contributed by atoms with E-state index in [1.54, 1.807) is 24.3 Å². The average molecular weight is 398 g/mol. The lowest BCUT2D eigenvalue weighted by molar-refractivity contribution is 0.203. The van der Waals surface area contributed by atoms with E-state index in [4.69, 9.17) is 0 Å². The van der Waals surface area contributed by atoms with Crippen molar-refractivity contribution in [1.29, 1.82) is 0 Å². The van der Waals surface area contributed by atoms with Crippen LogP contribution in [-0.4, -0.2) is 20.1 Å². The van der Waals surface area contributed by atoms with Gasteiger partial charge in [-0.15, -0.1) is 11.3 Å². The van der Waals surface area contributed by atoms with E-state index >= 15 is 0 Å². The van der Waals surface area contributed by atoms with Crippen LogP contribution in [0.15, 0.2) is 36.4 Å². The van der Waals surface area contributed by atoms with Crippen LogP contribution in [0.25, 0.3) is 0 Å². The number of thiophene rings is 1. The lowest BCUT2D eigenvalue weighted by atomic mass is 9.85. The summed E-state index contributed by atoms with van der Waals surface area (Å²) in [6.07, 6.45) is 3.46. The number of aliphatic hydroxyl groups is 1. The molecule has 26 heavy (non-hydrogen) atoms. The first-order valence-corrected chi connectivity index (χ1v) is 11.3. The highest BCUT2D eigenvalue weighted by molar-refractivity contribution is 7.88. The summed E-state index contributed by atoms with van der Waals surface area (Å²) >= 11 is 1.56. The van der Waals surface area contributed by atoms with Crippen molar-refractivity contribution < 1.29 is 17.9 Å². The number of sulfonamides is 1. The van der Waals surface area contributed by atoms with E-state index in [0.29, 0.717) is 12.1 Å². The number of hydrogen-bond donors (Lipinski definition) is 2. The van der Waals surface area contributed by atoms with Gasteiger partial charge in [0, 0.05) is 21.7 Å². The minimum absolute atomic E-state index is 0.215. The van der Waals surface area contributed by atoms with Crippen molar-refractivity contribution >= 4 is 21.4 Å². The normalized spacial score (nSPS) is 18.1. The van der Waals surface area contributed by atoms with Crippen LogP contribution in [0.3, 0.4) is 0 Å². The smallest absolute Gasteiger partial charge is 0.215 e. The van der Waals surface area contributed by atoms with Crippen LogP contribution in [0.2, 0.25) is 0 Å². The molecule has 7 heteroatoms. The Balaban J connectivity index is 1.74. The molecule has 2 aromatic rings. The molecule has 0 bridgehead atoms. The molecule has 0 amide bonds. The van der Waals surface area contributed by atoms with Gasteiger partial charge in [0.1, 0.15) is 5.82 Å². The molecule has 142 valence electrons. The summed E-state index contributed by atoms with van der Waals surface area (Å²) < 4.78 is 41.0. The molecule has 1 aliphatic rings. The molecule has 1 atom stereocenters. The van der Waals surface area contributed by atoms with E-state index in [-0.39, 0.29) is 11.2 Å². The molecule has 1 saturated carbocycles. The lowest BCUT2D eigenvalue weighted by Crippen LogP contribution is -2.39. The van der Waals surface area contributed by atoms with Gasteiger partial charge >= 0.3 is 0 Å². The predicted octanol–water partition coefficient (Wildman–Crippen LogP) is 3.87. The van der Waals surface area contributed by atoms with Crippen molar-refractivity contribution in [3.8, 4) is 0 Å². The van der Waals surface area contributed by atoms with Crippen LogP contribution in [-0.2, 0) is 21.2 Å². The fourth-order valence-corrected chi connectivity index (χ4v) is 5.98. The fraction of sp³-hybridized carbons (Fsp3) is 0.474. The number of aliphatic hydroxyl groups excluding tert-OH is 1. The van der Waals surface area contributed by atoms with Crippen LogP contribution in [0.1, 0.15) is 54.0 Å². The van der Waals surface area contributed by atoms with Gasteiger partial charge in [-0.05, 0) is 49.6 Å². The third-order valence-electron chi connectivity index (χ3n) is 5.00. The molecule has 3 rings (SSSR count). The number of halogens is 1. The van der Waals surface area contributed by atoms with Crippen LogP contribution in [0.4, 0.5) is 4.39 Å². The van der Waals surface area contributed by atoms with Crippen LogP contribution < -0.4 is 4.72 Å². The van der Waals surface area contributed by atoms with Crippen molar-refractivity contribution in [3.63, 3.8) is 0 Å². The van der Waals surface area contributed by atoms with Gasteiger partial charge < -0.3 is 5.11 Å². The largest absolute Gasteiger partial charge is 0.388 e. The summed E-state index contributed by atoms with van der Waals surface area (Å²) in [6, 6.07) is 9.61. The molecule has 0 spiro atoms. The second kappa shape index (κ2) is 7.76. The first kappa shape index (κ1) is 19.5. The Bertz CT molecular complexity index is 855. The Morgan fingerprint density at radius 1 is 1.27 bits per heavy atom. The van der Waals surface area contributed by atoms with E-state index in [2.05, 4.69) is 4.72 Å². The zero-order valence-corrected chi connectivity index (χ0v) is 16.4. The van der Waals surface area contributed by atoms with Crippen molar-refractivity contribution in [2.45, 2.75) is 49.9 Å². The van der Waals surface area contributed by atoms with E-state index in [1.165, 1.54) is 18.2 Å². The van der Waals surface area contributed by atoms with Gasteiger partial charge in [0.2, 0.25) is 10.0 Å². The second-order valence-electron chi connectivity index (χ2n) is 7.08. The summed E-state index contributed by atoms with van der Waals surface area (Å²) in [5, 5.41) is 9.78. The number of nitrogens with one attached hydrogen (secondary N) is 1. The van der Waals surface area contributed by atoms with Crippen LogP contribution >= 0.6 is 11.3 Å². The summed E-state index contributed by atoms with van der Waals surface area (Å²) in [5.74, 6) is -0.668. The standard InChI is InChI=1S/C19H24FNO3S2/c1-14(22)17-7-8-18(25-17)19(9-2-3-10-19)13-21-26(23,24)12-15-5-4-6-16(20)11-15/h4-8,11,14,21-22H,2-3,9-10,12-13H2,1H3. The summed E-state index contributed by atoms with van der Waals surface area (Å²) in [6.45, 7) is 2.07. The number of benzene rings is 1. The van der Waals surface area contributed by atoms with Crippen molar-refractivity contribution in [2.75, 3.05) is 6.54 Å². The molecular formula is C19H24FNO3S2. The average Bonchev–Trinajstić information content (AvgIpc) is 3.23. The van der Waals surface area contributed by atoms with Gasteiger partial charge in [-0.25, -0.2) is 17.5 Å². The van der Waals surface area contributed by atoms with Gasteiger partial charge in [0.25, 0.3) is 0 Å². The molecule has 1 aromatic carbocycles. The minimum Gasteiger partial charge on any atom is -0.388 e. The third kappa shape index (κ3) is 4.52. The van der Waals surface area contributed by atoms with E-state index in [0.717, 1.165) is 35.4 Å². The highest BCUT2D eigenvalue weighted by Crippen LogP contribution is 2.44. The van der Waals surface area contributed by atoms with Crippen LogP contribution in [0, 0.1) is 5.82 Å².